The number of ether oxygens (including phenoxy) is 5. The molecule has 0 saturated carbocycles. The van der Waals surface area contributed by atoms with Gasteiger partial charge in [0, 0.05) is 30.7 Å². The van der Waals surface area contributed by atoms with Crippen LogP contribution < -0.4 is 23.7 Å². The standard InChI is InChI=1S/C37H40N2O6/c1-38-14-12-24-19-31(42-4)33-21-27(24)28(38)16-22-6-9-26(10-7-22)44-32-18-23(8-11-30(32)41-3)17-29-35-25(13-15-39(29)2)20-34(43-5)36(40)37(35)45-33/h6-11,18-21,28-29,40H,12-17H2,1-5H3/t28-,29-/m0/s1. The largest absolute Gasteiger partial charge is 0.502 e. The van der Waals surface area contributed by atoms with E-state index in [9.17, 15) is 5.11 Å². The van der Waals surface area contributed by atoms with Gasteiger partial charge in [-0.25, -0.2) is 0 Å². The fourth-order valence-electron chi connectivity index (χ4n) is 7.10. The molecule has 0 unspecified atom stereocenters. The molecule has 4 aromatic carbocycles. The molecule has 8 heteroatoms. The van der Waals surface area contributed by atoms with Gasteiger partial charge in [-0.1, -0.05) is 18.2 Å². The van der Waals surface area contributed by atoms with Gasteiger partial charge in [-0.3, -0.25) is 9.80 Å². The van der Waals surface area contributed by atoms with E-state index in [1.165, 1.54) is 16.7 Å². The normalized spacial score (nSPS) is 19.4. The Balaban J connectivity index is 1.45. The van der Waals surface area contributed by atoms with E-state index in [0.717, 1.165) is 54.8 Å². The van der Waals surface area contributed by atoms with Crippen LogP contribution in [-0.2, 0) is 25.7 Å². The fourth-order valence-corrected chi connectivity index (χ4v) is 7.10. The molecule has 0 spiro atoms. The summed E-state index contributed by atoms with van der Waals surface area (Å²) < 4.78 is 30.5. The lowest BCUT2D eigenvalue weighted by Gasteiger charge is -2.37. The van der Waals surface area contributed by atoms with Gasteiger partial charge < -0.3 is 28.8 Å². The second-order valence-electron chi connectivity index (χ2n) is 12.3. The molecule has 8 nitrogen and oxygen atoms in total. The molecule has 0 fully saturated rings. The van der Waals surface area contributed by atoms with Gasteiger partial charge in [0.25, 0.3) is 0 Å². The van der Waals surface area contributed by atoms with E-state index in [1.54, 1.807) is 21.3 Å². The number of rotatable bonds is 3. The molecule has 8 rings (SSSR count). The van der Waals surface area contributed by atoms with Crippen molar-refractivity contribution < 1.29 is 28.8 Å². The summed E-state index contributed by atoms with van der Waals surface area (Å²) in [6.45, 7) is 1.80. The van der Waals surface area contributed by atoms with Crippen molar-refractivity contribution in [3.63, 3.8) is 0 Å². The Labute approximate surface area is 264 Å². The van der Waals surface area contributed by atoms with Crippen LogP contribution in [0.3, 0.4) is 0 Å². The molecule has 0 radical (unpaired) electrons. The van der Waals surface area contributed by atoms with E-state index in [1.807, 2.05) is 30.3 Å². The summed E-state index contributed by atoms with van der Waals surface area (Å²) in [6.07, 6.45) is 3.20. The Morgan fingerprint density at radius 3 is 2.02 bits per heavy atom. The van der Waals surface area contributed by atoms with Crippen molar-refractivity contribution in [3.8, 4) is 46.0 Å². The van der Waals surface area contributed by atoms with Gasteiger partial charge >= 0.3 is 0 Å². The molecule has 2 atom stereocenters. The Morgan fingerprint density at radius 2 is 1.29 bits per heavy atom. The fraction of sp³-hybridized carbons (Fsp3) is 0.351. The van der Waals surface area contributed by atoms with E-state index in [2.05, 4.69) is 54.2 Å². The first-order chi connectivity index (χ1) is 21.9. The minimum Gasteiger partial charge on any atom is -0.502 e. The van der Waals surface area contributed by atoms with Crippen LogP contribution in [0.1, 0.15) is 45.5 Å². The van der Waals surface area contributed by atoms with Crippen LogP contribution in [0.15, 0.2) is 60.7 Å². The molecule has 0 aliphatic carbocycles. The van der Waals surface area contributed by atoms with Crippen LogP contribution in [0.25, 0.3) is 0 Å². The van der Waals surface area contributed by atoms with Gasteiger partial charge in [-0.05, 0) is 110 Å². The number of aromatic hydroxyl groups is 1. The molecular weight excluding hydrogens is 568 g/mol. The minimum atomic E-state index is -0.0810. The molecule has 234 valence electrons. The number of likely N-dealkylation sites (N-methyl/N-ethyl adjacent to an activating group) is 2. The maximum absolute atomic E-state index is 11.6. The molecule has 4 aliphatic heterocycles. The first-order valence-electron chi connectivity index (χ1n) is 15.5. The molecular formula is C37H40N2O6. The Morgan fingerprint density at radius 1 is 0.667 bits per heavy atom. The smallest absolute Gasteiger partial charge is 0.201 e. The van der Waals surface area contributed by atoms with Gasteiger partial charge in [0.15, 0.2) is 34.5 Å². The van der Waals surface area contributed by atoms with Crippen LogP contribution in [-0.4, -0.2) is 63.4 Å². The highest BCUT2D eigenvalue weighted by Crippen LogP contribution is 2.51. The second kappa shape index (κ2) is 11.8. The average Bonchev–Trinajstić information content (AvgIpc) is 3.05. The maximum Gasteiger partial charge on any atom is 0.201 e. The van der Waals surface area contributed by atoms with Gasteiger partial charge in [-0.15, -0.1) is 0 Å². The highest BCUT2D eigenvalue weighted by Gasteiger charge is 2.34. The van der Waals surface area contributed by atoms with Gasteiger partial charge in [0.1, 0.15) is 5.75 Å². The topological polar surface area (TPSA) is 72.9 Å². The number of hydrogen-bond donors (Lipinski definition) is 1. The van der Waals surface area contributed by atoms with Crippen molar-refractivity contribution >= 4 is 0 Å². The zero-order valence-corrected chi connectivity index (χ0v) is 26.6. The SMILES string of the molecule is COc1ccc2cc1Oc1ccc(cc1)C[C@H]1c3cc(c(OC)cc3CCN1C)Oc1c(O)c(OC)cc3c1[C@H](C2)N(C)CC3. The number of benzene rings is 4. The first-order valence-corrected chi connectivity index (χ1v) is 15.5. The quantitative estimate of drug-likeness (QED) is 0.271. The van der Waals surface area contributed by atoms with Crippen molar-refractivity contribution in [2.75, 3.05) is 48.5 Å². The first kappa shape index (κ1) is 29.3. The Bertz CT molecular complexity index is 1740. The molecule has 1 N–H and O–H groups in total. The zero-order chi connectivity index (χ0) is 31.2. The van der Waals surface area contributed by atoms with Crippen LogP contribution >= 0.6 is 0 Å². The number of hydrogen-bond acceptors (Lipinski definition) is 8. The highest BCUT2D eigenvalue weighted by molar-refractivity contribution is 5.63. The van der Waals surface area contributed by atoms with Crippen molar-refractivity contribution in [2.24, 2.45) is 0 Å². The summed E-state index contributed by atoms with van der Waals surface area (Å²) in [4.78, 5) is 4.71. The third-order valence-corrected chi connectivity index (χ3v) is 9.66. The zero-order valence-electron chi connectivity index (χ0n) is 26.6. The average molecular weight is 609 g/mol. The third-order valence-electron chi connectivity index (χ3n) is 9.66. The molecule has 6 bridgehead atoms. The predicted octanol–water partition coefficient (Wildman–Crippen LogP) is 6.86. The van der Waals surface area contributed by atoms with Gasteiger partial charge in [0.05, 0.1) is 21.3 Å². The summed E-state index contributed by atoms with van der Waals surface area (Å²) in [5, 5.41) is 11.6. The van der Waals surface area contributed by atoms with Crippen molar-refractivity contribution in [3.05, 3.63) is 94.0 Å². The van der Waals surface area contributed by atoms with Crippen LogP contribution in [0.4, 0.5) is 0 Å². The third kappa shape index (κ3) is 5.32. The van der Waals surface area contributed by atoms with E-state index < -0.39 is 0 Å². The van der Waals surface area contributed by atoms with E-state index in [0.29, 0.717) is 40.9 Å². The summed E-state index contributed by atoms with van der Waals surface area (Å²) in [5.74, 6) is 4.09. The monoisotopic (exact) mass is 608 g/mol. The predicted molar refractivity (Wildman–Crippen MR) is 173 cm³/mol. The highest BCUT2D eigenvalue weighted by atomic mass is 16.5. The maximum atomic E-state index is 11.6. The number of methoxy groups -OCH3 is 3. The minimum absolute atomic E-state index is 0.0160. The molecule has 4 aromatic rings. The lowest BCUT2D eigenvalue weighted by molar-refractivity contribution is 0.220. The van der Waals surface area contributed by atoms with Gasteiger partial charge in [-0.2, -0.15) is 0 Å². The molecule has 0 amide bonds. The molecule has 4 heterocycles. The molecule has 0 saturated heterocycles. The van der Waals surface area contributed by atoms with Crippen molar-refractivity contribution in [2.45, 2.75) is 37.8 Å². The lowest BCUT2D eigenvalue weighted by Crippen LogP contribution is -2.34. The van der Waals surface area contributed by atoms with E-state index >= 15 is 0 Å². The van der Waals surface area contributed by atoms with Crippen LogP contribution in [0, 0.1) is 0 Å². The molecule has 0 aromatic heterocycles. The summed E-state index contributed by atoms with van der Waals surface area (Å²) in [5.41, 5.74) is 6.77. The lowest BCUT2D eigenvalue weighted by atomic mass is 9.87. The van der Waals surface area contributed by atoms with E-state index in [4.69, 9.17) is 23.7 Å². The summed E-state index contributed by atoms with van der Waals surface area (Å²) >= 11 is 0. The summed E-state index contributed by atoms with van der Waals surface area (Å²) in [6, 6.07) is 20.6. The second-order valence-corrected chi connectivity index (χ2v) is 12.3. The van der Waals surface area contributed by atoms with Gasteiger partial charge in [0.2, 0.25) is 5.75 Å². The molecule has 4 aliphatic rings. The van der Waals surface area contributed by atoms with Crippen LogP contribution in [0.5, 0.6) is 46.0 Å². The Kier molecular flexibility index (Phi) is 7.71. The van der Waals surface area contributed by atoms with Crippen molar-refractivity contribution in [1.82, 2.24) is 9.80 Å². The number of phenols is 1. The van der Waals surface area contributed by atoms with E-state index in [-0.39, 0.29) is 17.8 Å². The van der Waals surface area contributed by atoms with Crippen LogP contribution in [0.2, 0.25) is 0 Å². The Hall–Kier alpha value is -4.40. The molecule has 45 heavy (non-hydrogen) atoms. The number of phenolic OH excluding ortho intramolecular Hbond substituents is 1. The van der Waals surface area contributed by atoms with Crippen molar-refractivity contribution in [1.29, 1.82) is 0 Å². The number of nitrogens with zero attached hydrogens (tertiary/aromatic N) is 2. The number of fused-ring (bicyclic) bond motifs is 2. The summed E-state index contributed by atoms with van der Waals surface area (Å²) in [7, 11) is 9.19.